The number of aromatic nitrogens is 4. The average molecular weight is 313 g/mol. The standard InChI is InChI=1S/C13H17ClN4OS/c1-19-12-10-11(15-8-16-12)18(9(17-10)3-6-14)7-13(20-2)4-5-13/h8H,3-7H2,1-2H3. The lowest BCUT2D eigenvalue weighted by atomic mass is 10.3. The Labute approximate surface area is 127 Å². The number of nitrogens with zero attached hydrogens (tertiary/aromatic N) is 4. The number of fused-ring (bicyclic) bond motifs is 1. The first-order chi connectivity index (χ1) is 9.73. The van der Waals surface area contributed by atoms with Crippen LogP contribution in [0.4, 0.5) is 0 Å². The molecule has 1 saturated carbocycles. The van der Waals surface area contributed by atoms with Gasteiger partial charge in [-0.2, -0.15) is 16.7 Å². The van der Waals surface area contributed by atoms with Gasteiger partial charge in [-0.05, 0) is 19.1 Å². The first kappa shape index (κ1) is 13.9. The topological polar surface area (TPSA) is 52.8 Å². The van der Waals surface area contributed by atoms with E-state index in [2.05, 4.69) is 25.8 Å². The van der Waals surface area contributed by atoms with E-state index in [1.165, 1.54) is 19.2 Å². The number of aryl methyl sites for hydroxylation is 1. The number of hydrogen-bond acceptors (Lipinski definition) is 5. The summed E-state index contributed by atoms with van der Waals surface area (Å²) in [6.07, 6.45) is 6.92. The van der Waals surface area contributed by atoms with Crippen molar-refractivity contribution < 1.29 is 4.74 Å². The van der Waals surface area contributed by atoms with Crippen LogP contribution in [0.3, 0.4) is 0 Å². The Bertz CT molecular complexity index is 626. The lowest BCUT2D eigenvalue weighted by Gasteiger charge is -2.15. The largest absolute Gasteiger partial charge is 0.479 e. The SMILES string of the molecule is COc1ncnc2c1nc(CCCl)n2CC1(SC)CC1. The molecule has 1 aliphatic rings. The van der Waals surface area contributed by atoms with Crippen molar-refractivity contribution in [3.8, 4) is 5.88 Å². The van der Waals surface area contributed by atoms with Gasteiger partial charge in [0.25, 0.3) is 0 Å². The normalized spacial score (nSPS) is 16.6. The Morgan fingerprint density at radius 1 is 1.45 bits per heavy atom. The number of halogens is 1. The van der Waals surface area contributed by atoms with Crippen LogP contribution in [0.5, 0.6) is 5.88 Å². The fraction of sp³-hybridized carbons (Fsp3) is 0.615. The van der Waals surface area contributed by atoms with E-state index in [1.807, 2.05) is 11.8 Å². The van der Waals surface area contributed by atoms with Crippen molar-refractivity contribution in [2.24, 2.45) is 0 Å². The van der Waals surface area contributed by atoms with Gasteiger partial charge >= 0.3 is 0 Å². The summed E-state index contributed by atoms with van der Waals surface area (Å²) in [7, 11) is 1.60. The van der Waals surface area contributed by atoms with E-state index in [0.717, 1.165) is 30.0 Å². The lowest BCUT2D eigenvalue weighted by Crippen LogP contribution is -2.16. The third-order valence-corrected chi connectivity index (χ3v) is 5.37. The molecule has 20 heavy (non-hydrogen) atoms. The first-order valence-electron chi connectivity index (χ1n) is 6.58. The van der Waals surface area contributed by atoms with Crippen LogP contribution in [0, 0.1) is 0 Å². The van der Waals surface area contributed by atoms with Crippen LogP contribution >= 0.6 is 23.4 Å². The van der Waals surface area contributed by atoms with E-state index < -0.39 is 0 Å². The molecule has 2 heterocycles. The third kappa shape index (κ3) is 2.35. The van der Waals surface area contributed by atoms with Crippen LogP contribution in [-0.2, 0) is 13.0 Å². The van der Waals surface area contributed by atoms with E-state index in [0.29, 0.717) is 16.5 Å². The number of hydrogen-bond donors (Lipinski definition) is 0. The number of ether oxygens (including phenoxy) is 1. The zero-order valence-electron chi connectivity index (χ0n) is 11.6. The van der Waals surface area contributed by atoms with Crippen molar-refractivity contribution in [3.05, 3.63) is 12.2 Å². The van der Waals surface area contributed by atoms with Gasteiger partial charge in [-0.15, -0.1) is 11.6 Å². The molecule has 7 heteroatoms. The summed E-state index contributed by atoms with van der Waals surface area (Å²) in [6.45, 7) is 0.928. The summed E-state index contributed by atoms with van der Waals surface area (Å²) in [4.78, 5) is 13.2. The highest BCUT2D eigenvalue weighted by Crippen LogP contribution is 2.49. The molecule has 2 aromatic rings. The third-order valence-electron chi connectivity index (χ3n) is 3.78. The molecule has 0 amide bonds. The molecule has 0 radical (unpaired) electrons. The molecule has 0 spiro atoms. The minimum atomic E-state index is 0.340. The molecule has 0 saturated heterocycles. The fourth-order valence-corrected chi connectivity index (χ4v) is 3.34. The molecule has 1 aliphatic carbocycles. The van der Waals surface area contributed by atoms with Crippen LogP contribution in [0.1, 0.15) is 18.7 Å². The Hall–Kier alpha value is -1.01. The molecule has 1 fully saturated rings. The molecule has 3 rings (SSSR count). The Morgan fingerprint density at radius 3 is 2.85 bits per heavy atom. The van der Waals surface area contributed by atoms with E-state index in [1.54, 1.807) is 7.11 Å². The molecule has 0 N–H and O–H groups in total. The van der Waals surface area contributed by atoms with Crippen molar-refractivity contribution in [1.82, 2.24) is 19.5 Å². The second-order valence-corrected chi connectivity index (χ2v) is 6.65. The molecule has 2 aromatic heterocycles. The van der Waals surface area contributed by atoms with Crippen molar-refractivity contribution in [3.63, 3.8) is 0 Å². The first-order valence-corrected chi connectivity index (χ1v) is 8.34. The van der Waals surface area contributed by atoms with Gasteiger partial charge in [0.2, 0.25) is 5.88 Å². The lowest BCUT2D eigenvalue weighted by molar-refractivity contribution is 0.401. The maximum Gasteiger partial charge on any atom is 0.245 e. The molecule has 108 valence electrons. The molecule has 0 unspecified atom stereocenters. The van der Waals surface area contributed by atoms with Crippen LogP contribution in [-0.4, -0.2) is 43.5 Å². The number of methoxy groups -OCH3 is 1. The maximum absolute atomic E-state index is 5.90. The van der Waals surface area contributed by atoms with E-state index in [4.69, 9.17) is 16.3 Å². The highest BCUT2D eigenvalue weighted by Gasteiger charge is 2.43. The Morgan fingerprint density at radius 2 is 2.25 bits per heavy atom. The van der Waals surface area contributed by atoms with Crippen LogP contribution < -0.4 is 4.74 Å². The quantitative estimate of drug-likeness (QED) is 0.767. The van der Waals surface area contributed by atoms with Crippen LogP contribution in [0.2, 0.25) is 0 Å². The summed E-state index contributed by atoms with van der Waals surface area (Å²) in [5.74, 6) is 2.04. The van der Waals surface area contributed by atoms with E-state index in [9.17, 15) is 0 Å². The highest BCUT2D eigenvalue weighted by atomic mass is 35.5. The predicted octanol–water partition coefficient (Wildman–Crippen LogP) is 2.51. The van der Waals surface area contributed by atoms with Crippen molar-refractivity contribution >= 4 is 34.5 Å². The summed E-state index contributed by atoms with van der Waals surface area (Å²) in [6, 6.07) is 0. The monoisotopic (exact) mass is 312 g/mol. The van der Waals surface area contributed by atoms with Gasteiger partial charge in [0.1, 0.15) is 12.2 Å². The van der Waals surface area contributed by atoms with E-state index >= 15 is 0 Å². The maximum atomic E-state index is 5.90. The molecule has 0 bridgehead atoms. The van der Waals surface area contributed by atoms with Crippen molar-refractivity contribution in [2.45, 2.75) is 30.6 Å². The zero-order chi connectivity index (χ0) is 14.2. The number of rotatable bonds is 6. The molecule has 0 aromatic carbocycles. The minimum absolute atomic E-state index is 0.340. The molecule has 5 nitrogen and oxygen atoms in total. The average Bonchev–Trinajstić information content (AvgIpc) is 3.17. The molecule has 0 aliphatic heterocycles. The number of alkyl halides is 1. The molecular weight excluding hydrogens is 296 g/mol. The van der Waals surface area contributed by atoms with Gasteiger partial charge < -0.3 is 9.30 Å². The van der Waals surface area contributed by atoms with Gasteiger partial charge in [0, 0.05) is 23.6 Å². The zero-order valence-corrected chi connectivity index (χ0v) is 13.2. The molecular formula is C13H17ClN4OS. The second kappa shape index (κ2) is 5.41. The van der Waals surface area contributed by atoms with Gasteiger partial charge in [-0.3, -0.25) is 0 Å². The van der Waals surface area contributed by atoms with Gasteiger partial charge in [-0.25, -0.2) is 9.97 Å². The summed E-state index contributed by atoms with van der Waals surface area (Å²) < 4.78 is 7.81. The summed E-state index contributed by atoms with van der Waals surface area (Å²) in [5.41, 5.74) is 1.57. The van der Waals surface area contributed by atoms with Crippen molar-refractivity contribution in [2.75, 3.05) is 19.2 Å². The number of thioether (sulfide) groups is 1. The van der Waals surface area contributed by atoms with E-state index in [-0.39, 0.29) is 0 Å². The van der Waals surface area contributed by atoms with Crippen LogP contribution in [0.15, 0.2) is 6.33 Å². The fourth-order valence-electron chi connectivity index (χ4n) is 2.41. The Kier molecular flexibility index (Phi) is 3.77. The second-order valence-electron chi connectivity index (χ2n) is 5.00. The van der Waals surface area contributed by atoms with Crippen LogP contribution in [0.25, 0.3) is 11.2 Å². The van der Waals surface area contributed by atoms with Gasteiger partial charge in [0.15, 0.2) is 11.2 Å². The molecule has 0 atom stereocenters. The smallest absolute Gasteiger partial charge is 0.245 e. The summed E-state index contributed by atoms with van der Waals surface area (Å²) in [5, 5.41) is 0. The predicted molar refractivity (Wildman–Crippen MR) is 81.8 cm³/mol. The van der Waals surface area contributed by atoms with Gasteiger partial charge in [0.05, 0.1) is 7.11 Å². The summed E-state index contributed by atoms with van der Waals surface area (Å²) >= 11 is 7.83. The number of imidazole rings is 1. The van der Waals surface area contributed by atoms with Gasteiger partial charge in [-0.1, -0.05) is 0 Å². The van der Waals surface area contributed by atoms with Crippen molar-refractivity contribution in [1.29, 1.82) is 0 Å². The highest BCUT2D eigenvalue weighted by molar-refractivity contribution is 8.00. The minimum Gasteiger partial charge on any atom is -0.479 e. The Balaban J connectivity index is 2.09.